The van der Waals surface area contributed by atoms with E-state index in [9.17, 15) is 24.3 Å². The van der Waals surface area contributed by atoms with Crippen molar-refractivity contribution in [1.82, 2.24) is 20.9 Å². The average Bonchev–Trinajstić information content (AvgIpc) is 3.05. The Morgan fingerprint density at radius 3 is 2.20 bits per heavy atom. The quantitative estimate of drug-likeness (QED) is 0.116. The Morgan fingerprint density at radius 2 is 1.58 bits per heavy atom. The number of aliphatic carboxylic acids is 1. The summed E-state index contributed by atoms with van der Waals surface area (Å²) in [5.41, 5.74) is 7.28. The highest BCUT2D eigenvalue weighted by atomic mass is 32.2. The minimum Gasteiger partial charge on any atom is -0.480 e. The Kier molecular flexibility index (Phi) is 15.8. The maximum atomic E-state index is 14.0. The molecule has 0 saturated carbocycles. The first-order valence-electron chi connectivity index (χ1n) is 17.3. The van der Waals surface area contributed by atoms with Crippen molar-refractivity contribution in [2.75, 3.05) is 25.1 Å². The van der Waals surface area contributed by atoms with E-state index in [1.165, 1.54) is 11.8 Å². The van der Waals surface area contributed by atoms with Crippen molar-refractivity contribution >= 4 is 46.2 Å². The molecule has 0 aliphatic rings. The van der Waals surface area contributed by atoms with Gasteiger partial charge in [-0.1, -0.05) is 86.6 Å². The van der Waals surface area contributed by atoms with Gasteiger partial charge in [0.2, 0.25) is 17.7 Å². The van der Waals surface area contributed by atoms with Gasteiger partial charge in [-0.15, -0.1) is 0 Å². The van der Waals surface area contributed by atoms with Gasteiger partial charge < -0.3 is 31.7 Å². The SMILES string of the molecule is CSCC[C@@H](C(=O)NC(C)(C)C(=O)N[C@H](CN[C@@H](CC(C)C)C(=O)O)Cc1ccccc1)N(C[C@@H](N)Cc1ccc2ccccc2c1)C(C)=O. The summed E-state index contributed by atoms with van der Waals surface area (Å²) in [5.74, 6) is -1.28. The molecule has 6 N–H and O–H groups in total. The van der Waals surface area contributed by atoms with E-state index >= 15 is 0 Å². The first-order valence-corrected chi connectivity index (χ1v) is 18.7. The number of carboxylic acids is 1. The largest absolute Gasteiger partial charge is 0.480 e. The molecule has 0 aliphatic heterocycles. The van der Waals surface area contributed by atoms with Crippen LogP contribution in [0.3, 0.4) is 0 Å². The van der Waals surface area contributed by atoms with Crippen LogP contribution < -0.4 is 21.7 Å². The van der Waals surface area contributed by atoms with Crippen LogP contribution in [0.1, 0.15) is 58.6 Å². The number of hydrogen-bond donors (Lipinski definition) is 5. The van der Waals surface area contributed by atoms with E-state index in [2.05, 4.69) is 34.1 Å². The Labute approximate surface area is 301 Å². The third-order valence-corrected chi connectivity index (χ3v) is 9.35. The summed E-state index contributed by atoms with van der Waals surface area (Å²) in [6, 6.07) is 21.4. The predicted octanol–water partition coefficient (Wildman–Crippen LogP) is 4.39. The van der Waals surface area contributed by atoms with Crippen molar-refractivity contribution in [2.45, 2.75) is 90.0 Å². The van der Waals surface area contributed by atoms with Crippen molar-refractivity contribution in [3.63, 3.8) is 0 Å². The Bertz CT molecular complexity index is 1570. The van der Waals surface area contributed by atoms with Gasteiger partial charge in [-0.2, -0.15) is 11.8 Å². The minimum atomic E-state index is -1.34. The molecule has 0 aliphatic carbocycles. The molecule has 4 atom stereocenters. The van der Waals surface area contributed by atoms with Gasteiger partial charge >= 0.3 is 5.97 Å². The third-order valence-electron chi connectivity index (χ3n) is 8.70. The molecular formula is C39H55N5O5S. The highest BCUT2D eigenvalue weighted by molar-refractivity contribution is 7.98. The molecule has 272 valence electrons. The molecule has 3 amide bonds. The molecule has 0 fully saturated rings. The lowest BCUT2D eigenvalue weighted by Gasteiger charge is -2.35. The summed E-state index contributed by atoms with van der Waals surface area (Å²) in [6.07, 6.45) is 3.75. The number of nitrogens with zero attached hydrogens (tertiary/aromatic N) is 1. The molecule has 0 aromatic heterocycles. The van der Waals surface area contributed by atoms with Crippen molar-refractivity contribution in [3.05, 3.63) is 83.9 Å². The molecule has 50 heavy (non-hydrogen) atoms. The normalized spacial score (nSPS) is 14.1. The van der Waals surface area contributed by atoms with Crippen LogP contribution >= 0.6 is 11.8 Å². The zero-order valence-electron chi connectivity index (χ0n) is 30.3. The highest BCUT2D eigenvalue weighted by Gasteiger charge is 2.36. The molecule has 0 bridgehead atoms. The lowest BCUT2D eigenvalue weighted by Crippen LogP contribution is -2.62. The van der Waals surface area contributed by atoms with Crippen LogP contribution in [0.25, 0.3) is 10.8 Å². The molecule has 0 saturated heterocycles. The second-order valence-corrected chi connectivity index (χ2v) is 15.0. The van der Waals surface area contributed by atoms with Crippen molar-refractivity contribution in [3.8, 4) is 0 Å². The van der Waals surface area contributed by atoms with E-state index in [4.69, 9.17) is 5.73 Å². The van der Waals surface area contributed by atoms with Gasteiger partial charge in [0.1, 0.15) is 17.6 Å². The van der Waals surface area contributed by atoms with Crippen molar-refractivity contribution < 1.29 is 24.3 Å². The Hall–Kier alpha value is -3.93. The number of hydrogen-bond acceptors (Lipinski definition) is 7. The zero-order valence-corrected chi connectivity index (χ0v) is 31.1. The summed E-state index contributed by atoms with van der Waals surface area (Å²) in [7, 11) is 0. The zero-order chi connectivity index (χ0) is 36.8. The predicted molar refractivity (Wildman–Crippen MR) is 203 cm³/mol. The first kappa shape index (κ1) is 40.5. The summed E-state index contributed by atoms with van der Waals surface area (Å²) in [4.78, 5) is 54.2. The fourth-order valence-electron chi connectivity index (χ4n) is 6.03. The smallest absolute Gasteiger partial charge is 0.320 e. The minimum absolute atomic E-state index is 0.168. The monoisotopic (exact) mass is 705 g/mol. The van der Waals surface area contributed by atoms with Crippen LogP contribution in [-0.2, 0) is 32.0 Å². The first-order chi connectivity index (χ1) is 23.7. The van der Waals surface area contributed by atoms with Gasteiger partial charge in [0.25, 0.3) is 0 Å². The van der Waals surface area contributed by atoms with Crippen molar-refractivity contribution in [2.24, 2.45) is 11.7 Å². The van der Waals surface area contributed by atoms with E-state index < -0.39 is 47.5 Å². The van der Waals surface area contributed by atoms with Gasteiger partial charge in [0.05, 0.1) is 0 Å². The number of carbonyl (C=O) groups is 4. The van der Waals surface area contributed by atoms with Gasteiger partial charge in [-0.3, -0.25) is 19.2 Å². The van der Waals surface area contributed by atoms with Crippen LogP contribution in [0.15, 0.2) is 72.8 Å². The van der Waals surface area contributed by atoms with Gasteiger partial charge in [-0.05, 0) is 79.4 Å². The second kappa shape index (κ2) is 19.5. The maximum absolute atomic E-state index is 14.0. The highest BCUT2D eigenvalue weighted by Crippen LogP contribution is 2.18. The molecule has 11 heteroatoms. The number of nitrogens with two attached hydrogens (primary N) is 1. The van der Waals surface area contributed by atoms with E-state index in [1.54, 1.807) is 25.6 Å². The molecule has 0 radical (unpaired) electrons. The topological polar surface area (TPSA) is 154 Å². The van der Waals surface area contributed by atoms with Crippen LogP contribution in [-0.4, -0.2) is 88.5 Å². The van der Waals surface area contributed by atoms with Crippen LogP contribution in [0.5, 0.6) is 0 Å². The summed E-state index contributed by atoms with van der Waals surface area (Å²) >= 11 is 1.57. The van der Waals surface area contributed by atoms with E-state index in [-0.39, 0.29) is 24.9 Å². The summed E-state index contributed by atoms with van der Waals surface area (Å²) < 4.78 is 0. The molecular weight excluding hydrogens is 651 g/mol. The molecule has 0 spiro atoms. The van der Waals surface area contributed by atoms with Gasteiger partial charge in [0, 0.05) is 32.1 Å². The van der Waals surface area contributed by atoms with Gasteiger partial charge in [-0.25, -0.2) is 0 Å². The Morgan fingerprint density at radius 1 is 0.920 bits per heavy atom. The molecule has 0 unspecified atom stereocenters. The molecule has 3 rings (SSSR count). The fraction of sp³-hybridized carbons (Fsp3) is 0.487. The Balaban J connectivity index is 1.74. The number of nitrogens with one attached hydrogen (secondary N) is 3. The molecule has 10 nitrogen and oxygen atoms in total. The number of fused-ring (bicyclic) bond motifs is 1. The summed E-state index contributed by atoms with van der Waals surface area (Å²) in [6.45, 7) is 9.01. The standard InChI is InChI=1S/C39H55N5O5S/c1-26(2)20-34(37(47)48)41-24-33(23-28-12-8-7-9-13-28)42-38(49)39(4,5)43-36(46)35(18-19-50-6)44(27(3)45)25-32(40)22-29-16-17-30-14-10-11-15-31(30)21-29/h7-17,21,26,32-35,41H,18-20,22-25,40H2,1-6H3,(H,42,49)(H,43,46)(H,47,48)/t32-,33-,34-,35-/m0/s1. The molecule has 3 aromatic carbocycles. The number of rotatable bonds is 20. The maximum Gasteiger partial charge on any atom is 0.320 e. The van der Waals surface area contributed by atoms with E-state index in [0.29, 0.717) is 31.4 Å². The van der Waals surface area contributed by atoms with Gasteiger partial charge in [0.15, 0.2) is 0 Å². The number of thioether (sulfide) groups is 1. The molecule has 3 aromatic rings. The van der Waals surface area contributed by atoms with E-state index in [0.717, 1.165) is 21.9 Å². The third kappa shape index (κ3) is 12.8. The van der Waals surface area contributed by atoms with Crippen LogP contribution in [0.2, 0.25) is 0 Å². The lowest BCUT2D eigenvalue weighted by molar-refractivity contribution is -0.141. The molecule has 0 heterocycles. The van der Waals surface area contributed by atoms with Crippen molar-refractivity contribution in [1.29, 1.82) is 0 Å². The number of amides is 3. The second-order valence-electron chi connectivity index (χ2n) is 14.0. The van der Waals surface area contributed by atoms with Crippen LogP contribution in [0, 0.1) is 5.92 Å². The van der Waals surface area contributed by atoms with E-state index in [1.807, 2.05) is 74.7 Å². The summed E-state index contributed by atoms with van der Waals surface area (Å²) in [5, 5.41) is 21.1. The number of carbonyl (C=O) groups excluding carboxylic acids is 3. The average molecular weight is 706 g/mol. The number of carboxylic acid groups (broad SMARTS) is 1. The fourth-order valence-corrected chi connectivity index (χ4v) is 6.49. The van der Waals surface area contributed by atoms with Crippen LogP contribution in [0.4, 0.5) is 0 Å². The lowest BCUT2D eigenvalue weighted by atomic mass is 9.99. The number of benzene rings is 3.